The van der Waals surface area contributed by atoms with Crippen LogP contribution in [0, 0.1) is 0 Å². The van der Waals surface area contributed by atoms with Crippen LogP contribution in [0.1, 0.15) is 16.8 Å². The molecule has 2 N–H and O–H groups in total. The molecule has 0 saturated carbocycles. The van der Waals surface area contributed by atoms with Gasteiger partial charge < -0.3 is 15.4 Å². The van der Waals surface area contributed by atoms with Gasteiger partial charge in [-0.3, -0.25) is 9.59 Å². The van der Waals surface area contributed by atoms with E-state index in [2.05, 4.69) is 10.6 Å². The van der Waals surface area contributed by atoms with E-state index in [9.17, 15) is 9.59 Å². The van der Waals surface area contributed by atoms with Gasteiger partial charge in [-0.25, -0.2) is 0 Å². The second-order valence-electron chi connectivity index (χ2n) is 4.98. The van der Waals surface area contributed by atoms with Crippen molar-refractivity contribution in [3.8, 4) is 5.75 Å². The number of rotatable bonds is 7. The Bertz CT molecular complexity index is 702. The molecule has 126 valence electrons. The number of ether oxygens (including phenoxy) is 1. The number of carbonyl (C=O) groups is 2. The summed E-state index contributed by atoms with van der Waals surface area (Å²) >= 11 is 1.61. The molecule has 6 heteroatoms. The number of thioether (sulfide) groups is 1. The fourth-order valence-corrected chi connectivity index (χ4v) is 2.89. The molecule has 0 saturated heterocycles. The maximum atomic E-state index is 12.0. The lowest BCUT2D eigenvalue weighted by Gasteiger charge is -2.07. The van der Waals surface area contributed by atoms with Crippen molar-refractivity contribution in [2.45, 2.75) is 11.3 Å². The van der Waals surface area contributed by atoms with Gasteiger partial charge in [-0.2, -0.15) is 0 Å². The Labute approximate surface area is 145 Å². The number of amides is 2. The molecule has 2 amide bonds. The molecule has 0 fully saturated rings. The van der Waals surface area contributed by atoms with Crippen LogP contribution in [0.15, 0.2) is 53.4 Å². The van der Waals surface area contributed by atoms with Crippen LogP contribution in [-0.2, 0) is 4.79 Å². The summed E-state index contributed by atoms with van der Waals surface area (Å²) in [6.07, 6.45) is 0.390. The lowest BCUT2D eigenvalue weighted by molar-refractivity contribution is -0.115. The molecule has 24 heavy (non-hydrogen) atoms. The maximum absolute atomic E-state index is 12.0. The van der Waals surface area contributed by atoms with E-state index in [-0.39, 0.29) is 11.8 Å². The summed E-state index contributed by atoms with van der Waals surface area (Å²) in [5.74, 6) is 1.23. The molecule has 0 heterocycles. The average molecular weight is 344 g/mol. The predicted octanol–water partition coefficient (Wildman–Crippen LogP) is 3.18. The molecule has 2 rings (SSSR count). The first-order valence-corrected chi connectivity index (χ1v) is 8.50. The fraction of sp³-hybridized carbons (Fsp3) is 0.222. The standard InChI is InChI=1S/C18H20N2O3S/c1-19-18(22)13-4-3-5-14(12-13)20-17(21)10-11-24-16-8-6-15(23-2)7-9-16/h3-9,12H,10-11H2,1-2H3,(H,19,22)(H,20,21). The molecule has 0 unspecified atom stereocenters. The van der Waals surface area contributed by atoms with Gasteiger partial charge in [-0.15, -0.1) is 11.8 Å². The first kappa shape index (κ1) is 17.9. The summed E-state index contributed by atoms with van der Waals surface area (Å²) in [4.78, 5) is 24.7. The molecular weight excluding hydrogens is 324 g/mol. The highest BCUT2D eigenvalue weighted by molar-refractivity contribution is 7.99. The zero-order chi connectivity index (χ0) is 17.4. The van der Waals surface area contributed by atoms with Crippen molar-refractivity contribution in [2.24, 2.45) is 0 Å². The summed E-state index contributed by atoms with van der Waals surface area (Å²) in [6, 6.07) is 14.6. The average Bonchev–Trinajstić information content (AvgIpc) is 2.61. The Morgan fingerprint density at radius 3 is 2.54 bits per heavy atom. The van der Waals surface area contributed by atoms with E-state index < -0.39 is 0 Å². The van der Waals surface area contributed by atoms with Crippen LogP contribution in [0.3, 0.4) is 0 Å². The number of anilines is 1. The minimum absolute atomic E-state index is 0.0786. The molecule has 0 aliphatic heterocycles. The molecule has 2 aromatic carbocycles. The highest BCUT2D eigenvalue weighted by Crippen LogP contribution is 2.22. The zero-order valence-electron chi connectivity index (χ0n) is 13.7. The number of benzene rings is 2. The quantitative estimate of drug-likeness (QED) is 0.757. The molecule has 5 nitrogen and oxygen atoms in total. The number of carbonyl (C=O) groups excluding carboxylic acids is 2. The van der Waals surface area contributed by atoms with Crippen molar-refractivity contribution in [1.82, 2.24) is 5.32 Å². The Hall–Kier alpha value is -2.47. The first-order valence-electron chi connectivity index (χ1n) is 7.51. The van der Waals surface area contributed by atoms with Gasteiger partial charge in [0.05, 0.1) is 7.11 Å². The smallest absolute Gasteiger partial charge is 0.251 e. The predicted molar refractivity (Wildman–Crippen MR) is 96.8 cm³/mol. The normalized spacial score (nSPS) is 10.1. The van der Waals surface area contributed by atoms with E-state index in [1.807, 2.05) is 24.3 Å². The summed E-state index contributed by atoms with van der Waals surface area (Å²) in [6.45, 7) is 0. The number of nitrogens with one attached hydrogen (secondary N) is 2. The molecular formula is C18H20N2O3S. The van der Waals surface area contributed by atoms with Gasteiger partial charge in [-0.05, 0) is 42.5 Å². The van der Waals surface area contributed by atoms with E-state index in [0.717, 1.165) is 10.6 Å². The van der Waals surface area contributed by atoms with Gasteiger partial charge in [0.1, 0.15) is 5.75 Å². The second kappa shape index (κ2) is 8.98. The van der Waals surface area contributed by atoms with Gasteiger partial charge in [-0.1, -0.05) is 6.07 Å². The highest BCUT2D eigenvalue weighted by atomic mass is 32.2. The van der Waals surface area contributed by atoms with Crippen molar-refractivity contribution in [1.29, 1.82) is 0 Å². The Balaban J connectivity index is 1.81. The Morgan fingerprint density at radius 2 is 1.88 bits per heavy atom. The number of methoxy groups -OCH3 is 1. The molecule has 0 spiro atoms. The molecule has 2 aromatic rings. The van der Waals surface area contributed by atoms with Crippen LogP contribution >= 0.6 is 11.8 Å². The minimum Gasteiger partial charge on any atom is -0.497 e. The van der Waals surface area contributed by atoms with Crippen molar-refractivity contribution in [3.05, 3.63) is 54.1 Å². The van der Waals surface area contributed by atoms with Gasteiger partial charge in [0.25, 0.3) is 5.91 Å². The summed E-state index contributed by atoms with van der Waals surface area (Å²) in [5.41, 5.74) is 1.14. The van der Waals surface area contributed by atoms with Crippen LogP contribution in [0.25, 0.3) is 0 Å². The van der Waals surface area contributed by atoms with Gasteiger partial charge in [0, 0.05) is 35.4 Å². The second-order valence-corrected chi connectivity index (χ2v) is 6.15. The van der Waals surface area contributed by atoms with E-state index in [1.165, 1.54) is 0 Å². The molecule has 0 atom stereocenters. The monoisotopic (exact) mass is 344 g/mol. The van der Waals surface area contributed by atoms with Gasteiger partial charge >= 0.3 is 0 Å². The van der Waals surface area contributed by atoms with Crippen molar-refractivity contribution in [2.75, 3.05) is 25.2 Å². The summed E-state index contributed by atoms with van der Waals surface area (Å²) < 4.78 is 5.11. The van der Waals surface area contributed by atoms with Crippen LogP contribution in [0.5, 0.6) is 5.75 Å². The topological polar surface area (TPSA) is 67.4 Å². The Kier molecular flexibility index (Phi) is 6.69. The third-order valence-corrected chi connectivity index (χ3v) is 4.31. The molecule has 0 aromatic heterocycles. The van der Waals surface area contributed by atoms with E-state index in [4.69, 9.17) is 4.74 Å². The molecule has 0 aliphatic carbocycles. The lowest BCUT2D eigenvalue weighted by Crippen LogP contribution is -2.18. The summed E-state index contributed by atoms with van der Waals surface area (Å²) in [7, 11) is 3.20. The van der Waals surface area contributed by atoms with Crippen LogP contribution < -0.4 is 15.4 Å². The molecule has 0 bridgehead atoms. The van der Waals surface area contributed by atoms with Crippen molar-refractivity contribution in [3.63, 3.8) is 0 Å². The van der Waals surface area contributed by atoms with Gasteiger partial charge in [0.2, 0.25) is 5.91 Å². The highest BCUT2D eigenvalue weighted by Gasteiger charge is 2.07. The number of hydrogen-bond acceptors (Lipinski definition) is 4. The zero-order valence-corrected chi connectivity index (χ0v) is 14.5. The lowest BCUT2D eigenvalue weighted by atomic mass is 10.2. The van der Waals surface area contributed by atoms with Crippen LogP contribution in [-0.4, -0.2) is 31.7 Å². The molecule has 0 aliphatic rings. The molecule has 0 radical (unpaired) electrons. The maximum Gasteiger partial charge on any atom is 0.251 e. The van der Waals surface area contributed by atoms with Crippen LogP contribution in [0.4, 0.5) is 5.69 Å². The van der Waals surface area contributed by atoms with E-state index in [0.29, 0.717) is 23.4 Å². The van der Waals surface area contributed by atoms with Crippen LogP contribution in [0.2, 0.25) is 0 Å². The van der Waals surface area contributed by atoms with E-state index >= 15 is 0 Å². The third kappa shape index (κ3) is 5.31. The fourth-order valence-electron chi connectivity index (χ4n) is 2.04. The largest absolute Gasteiger partial charge is 0.497 e. The minimum atomic E-state index is -0.179. The first-order chi connectivity index (χ1) is 11.6. The van der Waals surface area contributed by atoms with Gasteiger partial charge in [0.15, 0.2) is 0 Å². The van der Waals surface area contributed by atoms with Crippen molar-refractivity contribution < 1.29 is 14.3 Å². The summed E-state index contributed by atoms with van der Waals surface area (Å²) in [5, 5.41) is 5.37. The Morgan fingerprint density at radius 1 is 1.12 bits per heavy atom. The SMILES string of the molecule is CNC(=O)c1cccc(NC(=O)CCSc2ccc(OC)cc2)c1. The van der Waals surface area contributed by atoms with Crippen molar-refractivity contribution >= 4 is 29.3 Å². The third-order valence-electron chi connectivity index (χ3n) is 3.29. The van der Waals surface area contributed by atoms with E-state index in [1.54, 1.807) is 50.2 Å². The number of hydrogen-bond donors (Lipinski definition) is 2.